The molecule has 2 aromatic heterocycles. The van der Waals surface area contributed by atoms with Gasteiger partial charge in [-0.05, 0) is 49.9 Å². The van der Waals surface area contributed by atoms with Crippen LogP contribution in [0.3, 0.4) is 0 Å². The zero-order chi connectivity index (χ0) is 20.4. The average Bonchev–Trinajstić information content (AvgIpc) is 3.33. The van der Waals surface area contributed by atoms with Gasteiger partial charge in [0.05, 0.1) is 6.54 Å². The largest absolute Gasteiger partial charge is 0.331 e. The Labute approximate surface area is 172 Å². The Hall–Kier alpha value is -2.69. The first-order valence-electron chi connectivity index (χ1n) is 10.7. The molecule has 1 aliphatic carbocycles. The number of amides is 1. The monoisotopic (exact) mass is 390 g/mol. The van der Waals surface area contributed by atoms with Crippen molar-refractivity contribution < 1.29 is 4.79 Å². The highest BCUT2D eigenvalue weighted by Gasteiger charge is 2.26. The number of hydrogen-bond acceptors (Lipinski definition) is 3. The predicted octanol–water partition coefficient (Wildman–Crippen LogP) is 5.15. The molecule has 0 saturated heterocycles. The SMILES string of the molecule is Cc1cccc(C(=O)N(Cc2nc3cccnc3n2C2CCCC2)CC(C)C)c1. The molecule has 1 fully saturated rings. The number of nitrogens with zero attached hydrogens (tertiary/aromatic N) is 4. The minimum Gasteiger partial charge on any atom is -0.331 e. The normalized spacial score (nSPS) is 14.8. The Balaban J connectivity index is 1.71. The van der Waals surface area contributed by atoms with Gasteiger partial charge in [-0.1, -0.05) is 44.4 Å². The minimum absolute atomic E-state index is 0.0698. The quantitative estimate of drug-likeness (QED) is 0.585. The van der Waals surface area contributed by atoms with Crippen LogP contribution in [0.4, 0.5) is 0 Å². The third-order valence-electron chi connectivity index (χ3n) is 5.68. The molecule has 152 valence electrons. The second-order valence-electron chi connectivity index (χ2n) is 8.63. The first kappa shape index (κ1) is 19.6. The molecule has 0 atom stereocenters. The number of aryl methyl sites for hydroxylation is 1. The second kappa shape index (κ2) is 8.36. The molecular formula is C24H30N4O. The third-order valence-corrected chi connectivity index (χ3v) is 5.68. The maximum absolute atomic E-state index is 13.4. The lowest BCUT2D eigenvalue weighted by Gasteiger charge is -2.26. The maximum Gasteiger partial charge on any atom is 0.254 e. The Morgan fingerprint density at radius 1 is 1.21 bits per heavy atom. The predicted molar refractivity (Wildman–Crippen MR) is 116 cm³/mol. The molecule has 0 aliphatic heterocycles. The molecule has 0 N–H and O–H groups in total. The summed E-state index contributed by atoms with van der Waals surface area (Å²) in [5.74, 6) is 1.40. The molecule has 5 heteroatoms. The highest BCUT2D eigenvalue weighted by atomic mass is 16.2. The van der Waals surface area contributed by atoms with Crippen LogP contribution in [-0.4, -0.2) is 31.9 Å². The van der Waals surface area contributed by atoms with Crippen molar-refractivity contribution in [2.45, 2.75) is 59.0 Å². The summed E-state index contributed by atoms with van der Waals surface area (Å²) in [4.78, 5) is 24.8. The van der Waals surface area contributed by atoms with Crippen molar-refractivity contribution in [3.63, 3.8) is 0 Å². The van der Waals surface area contributed by atoms with Gasteiger partial charge in [0, 0.05) is 24.3 Å². The van der Waals surface area contributed by atoms with Crippen LogP contribution in [-0.2, 0) is 6.54 Å². The van der Waals surface area contributed by atoms with Gasteiger partial charge in [-0.2, -0.15) is 0 Å². The number of carbonyl (C=O) groups excluding carboxylic acids is 1. The number of carbonyl (C=O) groups is 1. The van der Waals surface area contributed by atoms with Crippen LogP contribution in [0.1, 0.15) is 67.3 Å². The molecule has 0 spiro atoms. The molecule has 0 unspecified atom stereocenters. The van der Waals surface area contributed by atoms with Crippen molar-refractivity contribution in [3.8, 4) is 0 Å². The van der Waals surface area contributed by atoms with Crippen LogP contribution >= 0.6 is 0 Å². The van der Waals surface area contributed by atoms with E-state index in [0.29, 0.717) is 25.0 Å². The Morgan fingerprint density at radius 3 is 2.72 bits per heavy atom. The van der Waals surface area contributed by atoms with Crippen LogP contribution in [0.2, 0.25) is 0 Å². The zero-order valence-corrected chi connectivity index (χ0v) is 17.6. The number of benzene rings is 1. The van der Waals surface area contributed by atoms with Crippen molar-refractivity contribution in [3.05, 3.63) is 59.5 Å². The van der Waals surface area contributed by atoms with E-state index in [2.05, 4.69) is 23.4 Å². The Kier molecular flexibility index (Phi) is 5.65. The van der Waals surface area contributed by atoms with Gasteiger partial charge in [0.2, 0.25) is 0 Å². The molecule has 5 nitrogen and oxygen atoms in total. The van der Waals surface area contributed by atoms with E-state index < -0.39 is 0 Å². The number of rotatable bonds is 6. The molecule has 29 heavy (non-hydrogen) atoms. The summed E-state index contributed by atoms with van der Waals surface area (Å²) in [6.07, 6.45) is 6.64. The van der Waals surface area contributed by atoms with Crippen molar-refractivity contribution >= 4 is 17.1 Å². The number of hydrogen-bond donors (Lipinski definition) is 0. The van der Waals surface area contributed by atoms with Crippen molar-refractivity contribution in [1.82, 2.24) is 19.4 Å². The van der Waals surface area contributed by atoms with Gasteiger partial charge in [-0.15, -0.1) is 0 Å². The molecule has 4 rings (SSSR count). The van der Waals surface area contributed by atoms with Gasteiger partial charge in [0.1, 0.15) is 11.3 Å². The van der Waals surface area contributed by atoms with E-state index in [1.165, 1.54) is 12.8 Å². The molecule has 2 heterocycles. The van der Waals surface area contributed by atoms with Crippen molar-refractivity contribution in [2.24, 2.45) is 5.92 Å². The maximum atomic E-state index is 13.4. The lowest BCUT2D eigenvalue weighted by atomic mass is 10.1. The fourth-order valence-corrected chi connectivity index (χ4v) is 4.43. The molecule has 0 bridgehead atoms. The molecule has 0 radical (unpaired) electrons. The summed E-state index contributed by atoms with van der Waals surface area (Å²) in [5, 5.41) is 0. The van der Waals surface area contributed by atoms with Gasteiger partial charge in [0.25, 0.3) is 5.91 Å². The molecule has 1 saturated carbocycles. The fourth-order valence-electron chi connectivity index (χ4n) is 4.43. The summed E-state index contributed by atoms with van der Waals surface area (Å²) in [6, 6.07) is 12.2. The standard InChI is InChI=1S/C24H30N4O/c1-17(2)15-27(24(29)19-9-6-8-18(3)14-19)16-22-26-21-12-7-13-25-23(21)28(22)20-10-4-5-11-20/h6-9,12-14,17,20H,4-5,10-11,15-16H2,1-3H3. The fraction of sp³-hybridized carbons (Fsp3) is 0.458. The van der Waals surface area contributed by atoms with Crippen molar-refractivity contribution in [1.29, 1.82) is 0 Å². The Morgan fingerprint density at radius 2 is 2.00 bits per heavy atom. The average molecular weight is 391 g/mol. The summed E-state index contributed by atoms with van der Waals surface area (Å²) >= 11 is 0. The van der Waals surface area contributed by atoms with Gasteiger partial charge in [0.15, 0.2) is 5.65 Å². The van der Waals surface area contributed by atoms with E-state index in [1.807, 2.05) is 54.4 Å². The lowest BCUT2D eigenvalue weighted by molar-refractivity contribution is 0.0715. The second-order valence-corrected chi connectivity index (χ2v) is 8.63. The number of imidazole rings is 1. The lowest BCUT2D eigenvalue weighted by Crippen LogP contribution is -2.35. The first-order chi connectivity index (χ1) is 14.0. The van der Waals surface area contributed by atoms with E-state index in [9.17, 15) is 4.79 Å². The number of fused-ring (bicyclic) bond motifs is 1. The first-order valence-corrected chi connectivity index (χ1v) is 10.7. The van der Waals surface area contributed by atoms with E-state index >= 15 is 0 Å². The number of pyridine rings is 1. The van der Waals surface area contributed by atoms with E-state index in [0.717, 1.165) is 41.0 Å². The van der Waals surface area contributed by atoms with Crippen LogP contribution in [0.15, 0.2) is 42.6 Å². The van der Waals surface area contributed by atoms with Crippen LogP contribution in [0.5, 0.6) is 0 Å². The topological polar surface area (TPSA) is 51.0 Å². The highest BCUT2D eigenvalue weighted by Crippen LogP contribution is 2.33. The number of aromatic nitrogens is 3. The van der Waals surface area contributed by atoms with Crippen LogP contribution in [0.25, 0.3) is 11.2 Å². The molecular weight excluding hydrogens is 360 g/mol. The van der Waals surface area contributed by atoms with Gasteiger partial charge in [-0.3, -0.25) is 4.79 Å². The van der Waals surface area contributed by atoms with Crippen LogP contribution in [0, 0.1) is 12.8 Å². The van der Waals surface area contributed by atoms with E-state index in [1.54, 1.807) is 0 Å². The minimum atomic E-state index is 0.0698. The molecule has 1 amide bonds. The summed E-state index contributed by atoms with van der Waals surface area (Å²) in [7, 11) is 0. The van der Waals surface area contributed by atoms with Gasteiger partial charge < -0.3 is 9.47 Å². The summed E-state index contributed by atoms with van der Waals surface area (Å²) in [5.41, 5.74) is 3.71. The Bertz CT molecular complexity index is 1000. The van der Waals surface area contributed by atoms with E-state index in [-0.39, 0.29) is 5.91 Å². The zero-order valence-electron chi connectivity index (χ0n) is 17.6. The molecule has 3 aromatic rings. The highest BCUT2D eigenvalue weighted by molar-refractivity contribution is 5.94. The molecule has 1 aliphatic rings. The third kappa shape index (κ3) is 4.19. The summed E-state index contributed by atoms with van der Waals surface area (Å²) < 4.78 is 2.30. The summed E-state index contributed by atoms with van der Waals surface area (Å²) in [6.45, 7) is 7.54. The molecule has 1 aromatic carbocycles. The smallest absolute Gasteiger partial charge is 0.254 e. The van der Waals surface area contributed by atoms with Gasteiger partial charge >= 0.3 is 0 Å². The van der Waals surface area contributed by atoms with Crippen molar-refractivity contribution in [2.75, 3.05) is 6.54 Å². The van der Waals surface area contributed by atoms with E-state index in [4.69, 9.17) is 4.98 Å². The van der Waals surface area contributed by atoms with Gasteiger partial charge in [-0.25, -0.2) is 9.97 Å². The van der Waals surface area contributed by atoms with Crippen LogP contribution < -0.4 is 0 Å².